The summed E-state index contributed by atoms with van der Waals surface area (Å²) in [6.07, 6.45) is 2.99. The zero-order valence-electron chi connectivity index (χ0n) is 13.1. The summed E-state index contributed by atoms with van der Waals surface area (Å²) in [6.45, 7) is 2.49. The van der Waals surface area contributed by atoms with Gasteiger partial charge >= 0.3 is 0 Å². The predicted molar refractivity (Wildman–Crippen MR) is 91.1 cm³/mol. The van der Waals surface area contributed by atoms with E-state index in [9.17, 15) is 8.42 Å². The lowest BCUT2D eigenvalue weighted by Crippen LogP contribution is -2.09. The molecule has 3 aromatic rings. The summed E-state index contributed by atoms with van der Waals surface area (Å²) in [7, 11) is -3.40. The van der Waals surface area contributed by atoms with E-state index in [1.54, 1.807) is 10.8 Å². The molecule has 0 saturated heterocycles. The maximum absolute atomic E-state index is 12.1. The maximum Gasteiger partial charge on any atom is 0.228 e. The molecule has 1 heterocycles. The molecule has 0 atom stereocenters. The standard InChI is InChI=1S/C18H18N2O2S/c1-14-8-10-16(11-9-14)17-13-20(18(19-17)23(2,21)22)12-15-6-4-3-5-7-15/h3-11,13H,12H2,1-2H3. The molecule has 0 bridgehead atoms. The van der Waals surface area contributed by atoms with Gasteiger partial charge in [-0.15, -0.1) is 0 Å². The lowest BCUT2D eigenvalue weighted by molar-refractivity contribution is 0.578. The van der Waals surface area contributed by atoms with Crippen LogP contribution < -0.4 is 0 Å². The third-order valence-electron chi connectivity index (χ3n) is 3.61. The summed E-state index contributed by atoms with van der Waals surface area (Å²) in [6, 6.07) is 17.6. The highest BCUT2D eigenvalue weighted by molar-refractivity contribution is 7.90. The van der Waals surface area contributed by atoms with Crippen molar-refractivity contribution in [1.29, 1.82) is 0 Å². The molecule has 2 aromatic carbocycles. The molecule has 4 nitrogen and oxygen atoms in total. The van der Waals surface area contributed by atoms with Crippen molar-refractivity contribution in [2.24, 2.45) is 0 Å². The second-order valence-corrected chi connectivity index (χ2v) is 7.57. The highest BCUT2D eigenvalue weighted by atomic mass is 32.2. The van der Waals surface area contributed by atoms with E-state index < -0.39 is 9.84 Å². The van der Waals surface area contributed by atoms with Crippen molar-refractivity contribution in [2.75, 3.05) is 6.26 Å². The molecule has 0 aliphatic carbocycles. The van der Waals surface area contributed by atoms with Gasteiger partial charge in [0.05, 0.1) is 5.69 Å². The van der Waals surface area contributed by atoms with Gasteiger partial charge in [0, 0.05) is 24.6 Å². The second-order valence-electron chi connectivity index (χ2n) is 5.66. The summed E-state index contributed by atoms with van der Waals surface area (Å²) < 4.78 is 25.8. The van der Waals surface area contributed by atoms with Gasteiger partial charge in [0.15, 0.2) is 0 Å². The predicted octanol–water partition coefficient (Wildman–Crippen LogP) is 3.31. The molecule has 0 saturated carbocycles. The number of imidazole rings is 1. The Bertz CT molecular complexity index is 911. The van der Waals surface area contributed by atoms with E-state index in [-0.39, 0.29) is 5.16 Å². The van der Waals surface area contributed by atoms with E-state index in [0.29, 0.717) is 12.2 Å². The number of hydrogen-bond donors (Lipinski definition) is 0. The molecule has 118 valence electrons. The van der Waals surface area contributed by atoms with Gasteiger partial charge in [-0.3, -0.25) is 0 Å². The fraction of sp³-hybridized carbons (Fsp3) is 0.167. The highest BCUT2D eigenvalue weighted by Gasteiger charge is 2.18. The van der Waals surface area contributed by atoms with Crippen LogP contribution in [0, 0.1) is 6.92 Å². The van der Waals surface area contributed by atoms with E-state index in [1.165, 1.54) is 6.26 Å². The van der Waals surface area contributed by atoms with Crippen LogP contribution in [0.4, 0.5) is 0 Å². The first kappa shape index (κ1) is 15.5. The molecule has 0 unspecified atom stereocenters. The van der Waals surface area contributed by atoms with Crippen molar-refractivity contribution >= 4 is 9.84 Å². The normalized spacial score (nSPS) is 11.6. The smallest absolute Gasteiger partial charge is 0.228 e. The minimum Gasteiger partial charge on any atom is -0.317 e. The van der Waals surface area contributed by atoms with E-state index >= 15 is 0 Å². The van der Waals surface area contributed by atoms with Crippen LogP contribution in [-0.4, -0.2) is 24.2 Å². The second kappa shape index (κ2) is 6.01. The number of benzene rings is 2. The topological polar surface area (TPSA) is 52.0 Å². The molecule has 0 fully saturated rings. The van der Waals surface area contributed by atoms with Crippen molar-refractivity contribution in [2.45, 2.75) is 18.6 Å². The van der Waals surface area contributed by atoms with Crippen LogP contribution in [-0.2, 0) is 16.4 Å². The first-order valence-corrected chi connectivity index (χ1v) is 9.21. The Morgan fingerprint density at radius 2 is 1.65 bits per heavy atom. The number of hydrogen-bond acceptors (Lipinski definition) is 3. The van der Waals surface area contributed by atoms with Crippen LogP contribution >= 0.6 is 0 Å². The average molecular weight is 326 g/mol. The molecule has 0 aliphatic rings. The summed E-state index contributed by atoms with van der Waals surface area (Å²) >= 11 is 0. The van der Waals surface area contributed by atoms with Crippen LogP contribution in [0.15, 0.2) is 66.0 Å². The van der Waals surface area contributed by atoms with Crippen LogP contribution in [0.1, 0.15) is 11.1 Å². The Kier molecular flexibility index (Phi) is 4.05. The number of aryl methyl sites for hydroxylation is 1. The Balaban J connectivity index is 2.06. The van der Waals surface area contributed by atoms with Gasteiger partial charge in [0.1, 0.15) is 0 Å². The van der Waals surface area contributed by atoms with Gasteiger partial charge in [-0.2, -0.15) is 0 Å². The number of nitrogens with zero attached hydrogens (tertiary/aromatic N) is 2. The Labute approximate surface area is 136 Å². The van der Waals surface area contributed by atoms with E-state index in [1.807, 2.05) is 61.5 Å². The third kappa shape index (κ3) is 3.51. The molecule has 0 radical (unpaired) electrons. The van der Waals surface area contributed by atoms with Crippen molar-refractivity contribution in [3.8, 4) is 11.3 Å². The van der Waals surface area contributed by atoms with Crippen LogP contribution in [0.25, 0.3) is 11.3 Å². The zero-order valence-corrected chi connectivity index (χ0v) is 13.9. The molecule has 3 rings (SSSR count). The summed E-state index contributed by atoms with van der Waals surface area (Å²) in [4.78, 5) is 4.35. The summed E-state index contributed by atoms with van der Waals surface area (Å²) in [5, 5.41) is 0.0944. The molecule has 0 amide bonds. The Morgan fingerprint density at radius 1 is 1.00 bits per heavy atom. The lowest BCUT2D eigenvalue weighted by Gasteiger charge is -2.05. The van der Waals surface area contributed by atoms with E-state index in [4.69, 9.17) is 0 Å². The quantitative estimate of drug-likeness (QED) is 0.739. The van der Waals surface area contributed by atoms with Crippen molar-refractivity contribution in [3.05, 3.63) is 71.9 Å². The monoisotopic (exact) mass is 326 g/mol. The van der Waals surface area contributed by atoms with Crippen molar-refractivity contribution in [1.82, 2.24) is 9.55 Å². The number of rotatable bonds is 4. The molecular formula is C18H18N2O2S. The lowest BCUT2D eigenvalue weighted by atomic mass is 10.1. The number of sulfone groups is 1. The number of aromatic nitrogens is 2. The SMILES string of the molecule is Cc1ccc(-c2cn(Cc3ccccc3)c(S(C)(=O)=O)n2)cc1. The molecule has 0 spiro atoms. The van der Waals surface area contributed by atoms with Gasteiger partial charge in [-0.25, -0.2) is 13.4 Å². The largest absolute Gasteiger partial charge is 0.317 e. The minimum atomic E-state index is -3.40. The van der Waals surface area contributed by atoms with Gasteiger partial charge < -0.3 is 4.57 Å². The summed E-state index contributed by atoms with van der Waals surface area (Å²) in [5.74, 6) is 0. The first-order chi connectivity index (χ1) is 10.9. The first-order valence-electron chi connectivity index (χ1n) is 7.32. The van der Waals surface area contributed by atoms with Gasteiger partial charge in [0.2, 0.25) is 15.0 Å². The van der Waals surface area contributed by atoms with Crippen LogP contribution in [0.2, 0.25) is 0 Å². The zero-order chi connectivity index (χ0) is 16.4. The fourth-order valence-corrected chi connectivity index (χ4v) is 3.26. The van der Waals surface area contributed by atoms with Crippen LogP contribution in [0.5, 0.6) is 0 Å². The molecule has 0 aliphatic heterocycles. The minimum absolute atomic E-state index is 0.0944. The van der Waals surface area contributed by atoms with Crippen molar-refractivity contribution in [3.63, 3.8) is 0 Å². The molecule has 23 heavy (non-hydrogen) atoms. The van der Waals surface area contributed by atoms with E-state index in [2.05, 4.69) is 4.98 Å². The van der Waals surface area contributed by atoms with Gasteiger partial charge in [-0.1, -0.05) is 60.2 Å². The van der Waals surface area contributed by atoms with Gasteiger partial charge in [-0.05, 0) is 12.5 Å². The fourth-order valence-electron chi connectivity index (χ4n) is 2.45. The van der Waals surface area contributed by atoms with Crippen LogP contribution in [0.3, 0.4) is 0 Å². The Morgan fingerprint density at radius 3 is 2.26 bits per heavy atom. The average Bonchev–Trinajstić information content (AvgIpc) is 2.93. The summed E-state index contributed by atoms with van der Waals surface area (Å²) in [5.41, 5.74) is 3.76. The van der Waals surface area contributed by atoms with Gasteiger partial charge in [0.25, 0.3) is 0 Å². The van der Waals surface area contributed by atoms with Crippen molar-refractivity contribution < 1.29 is 8.42 Å². The molecule has 0 N–H and O–H groups in total. The Hall–Kier alpha value is -2.40. The molecule has 1 aromatic heterocycles. The van der Waals surface area contributed by atoms with E-state index in [0.717, 1.165) is 16.7 Å². The maximum atomic E-state index is 12.1. The molecular weight excluding hydrogens is 308 g/mol. The third-order valence-corrected chi connectivity index (χ3v) is 4.60. The molecule has 5 heteroatoms. The highest BCUT2D eigenvalue weighted by Crippen LogP contribution is 2.22.